The summed E-state index contributed by atoms with van der Waals surface area (Å²) in [7, 11) is 0. The topological polar surface area (TPSA) is 69.6 Å². The molecular formula is C14H26N2O3. The molecule has 1 saturated heterocycles. The molecular weight excluding hydrogens is 244 g/mol. The molecule has 2 amide bonds. The van der Waals surface area contributed by atoms with Gasteiger partial charge in [0.1, 0.15) is 6.04 Å². The van der Waals surface area contributed by atoms with Crippen molar-refractivity contribution in [2.45, 2.75) is 53.0 Å². The number of nitrogens with zero attached hydrogens (tertiary/aromatic N) is 1. The molecule has 1 aliphatic rings. The number of likely N-dealkylation sites (tertiary alicyclic amines) is 1. The number of hydrogen-bond acceptors (Lipinski definition) is 2. The third kappa shape index (κ3) is 4.40. The fourth-order valence-electron chi connectivity index (χ4n) is 2.50. The van der Waals surface area contributed by atoms with Crippen molar-refractivity contribution in [2.75, 3.05) is 13.1 Å². The van der Waals surface area contributed by atoms with E-state index in [2.05, 4.69) is 19.2 Å². The van der Waals surface area contributed by atoms with E-state index in [0.29, 0.717) is 13.1 Å². The van der Waals surface area contributed by atoms with Crippen LogP contribution in [0.5, 0.6) is 0 Å². The Bertz CT molecular complexity index is 342. The zero-order valence-corrected chi connectivity index (χ0v) is 12.4. The summed E-state index contributed by atoms with van der Waals surface area (Å²) in [5.41, 5.74) is 0.116. The molecule has 0 aromatic rings. The van der Waals surface area contributed by atoms with Gasteiger partial charge in [-0.05, 0) is 24.2 Å². The SMILES string of the molecule is CCC(C)C(NC(=O)N1CCCC(C)(C)C1)C(=O)O. The number of carbonyl (C=O) groups excluding carboxylic acids is 1. The van der Waals surface area contributed by atoms with Crippen LogP contribution in [-0.4, -0.2) is 41.1 Å². The van der Waals surface area contributed by atoms with Gasteiger partial charge in [0.2, 0.25) is 0 Å². The van der Waals surface area contributed by atoms with E-state index in [1.54, 1.807) is 4.90 Å². The highest BCUT2D eigenvalue weighted by Crippen LogP contribution is 2.28. The van der Waals surface area contributed by atoms with Crippen molar-refractivity contribution < 1.29 is 14.7 Å². The molecule has 1 rings (SSSR count). The Morgan fingerprint density at radius 1 is 1.42 bits per heavy atom. The van der Waals surface area contributed by atoms with Crippen LogP contribution in [0.4, 0.5) is 4.79 Å². The summed E-state index contributed by atoms with van der Waals surface area (Å²) in [5, 5.41) is 11.9. The number of nitrogens with one attached hydrogen (secondary N) is 1. The number of carbonyl (C=O) groups is 2. The smallest absolute Gasteiger partial charge is 0.326 e. The lowest BCUT2D eigenvalue weighted by Crippen LogP contribution is -2.53. The van der Waals surface area contributed by atoms with Crippen LogP contribution in [0.25, 0.3) is 0 Å². The average Bonchev–Trinajstić information content (AvgIpc) is 2.33. The Hall–Kier alpha value is -1.26. The highest BCUT2D eigenvalue weighted by Gasteiger charge is 2.32. The summed E-state index contributed by atoms with van der Waals surface area (Å²) in [4.78, 5) is 25.1. The zero-order valence-electron chi connectivity index (χ0n) is 12.4. The monoisotopic (exact) mass is 270 g/mol. The highest BCUT2D eigenvalue weighted by atomic mass is 16.4. The van der Waals surface area contributed by atoms with Gasteiger partial charge in [0.25, 0.3) is 0 Å². The lowest BCUT2D eigenvalue weighted by molar-refractivity contribution is -0.140. The maximum Gasteiger partial charge on any atom is 0.326 e. The standard InChI is InChI=1S/C14H26N2O3/c1-5-10(2)11(12(17)18)15-13(19)16-8-6-7-14(3,4)9-16/h10-11H,5-9H2,1-4H3,(H,15,19)(H,17,18). The van der Waals surface area contributed by atoms with Crippen LogP contribution >= 0.6 is 0 Å². The number of amides is 2. The van der Waals surface area contributed by atoms with Crippen LogP contribution in [0.3, 0.4) is 0 Å². The van der Waals surface area contributed by atoms with Gasteiger partial charge in [-0.1, -0.05) is 34.1 Å². The van der Waals surface area contributed by atoms with Crippen LogP contribution in [0.1, 0.15) is 47.0 Å². The van der Waals surface area contributed by atoms with E-state index in [1.165, 1.54) is 0 Å². The molecule has 0 aromatic heterocycles. The van der Waals surface area contributed by atoms with Gasteiger partial charge in [-0.25, -0.2) is 9.59 Å². The summed E-state index contributed by atoms with van der Waals surface area (Å²) >= 11 is 0. The molecule has 1 heterocycles. The van der Waals surface area contributed by atoms with E-state index in [-0.39, 0.29) is 17.4 Å². The first kappa shape index (κ1) is 15.8. The Kier molecular flexibility index (Phi) is 5.20. The second-order valence-corrected chi connectivity index (χ2v) is 6.34. The number of rotatable bonds is 4. The molecule has 0 bridgehead atoms. The minimum Gasteiger partial charge on any atom is -0.480 e. The molecule has 5 heteroatoms. The molecule has 1 aliphatic heterocycles. The van der Waals surface area contributed by atoms with Crippen molar-refractivity contribution in [1.82, 2.24) is 10.2 Å². The van der Waals surface area contributed by atoms with Crippen molar-refractivity contribution in [3.8, 4) is 0 Å². The van der Waals surface area contributed by atoms with Gasteiger partial charge in [0, 0.05) is 13.1 Å². The lowest BCUT2D eigenvalue weighted by Gasteiger charge is -2.38. The molecule has 0 aliphatic carbocycles. The molecule has 2 N–H and O–H groups in total. The first-order valence-corrected chi connectivity index (χ1v) is 7.05. The van der Waals surface area contributed by atoms with Crippen molar-refractivity contribution >= 4 is 12.0 Å². The van der Waals surface area contributed by atoms with Gasteiger partial charge in [0.05, 0.1) is 0 Å². The Morgan fingerprint density at radius 2 is 2.05 bits per heavy atom. The fraction of sp³-hybridized carbons (Fsp3) is 0.857. The molecule has 19 heavy (non-hydrogen) atoms. The van der Waals surface area contributed by atoms with E-state index in [1.807, 2.05) is 13.8 Å². The van der Waals surface area contributed by atoms with Gasteiger partial charge in [-0.2, -0.15) is 0 Å². The minimum absolute atomic E-state index is 0.0701. The Balaban J connectivity index is 2.64. The lowest BCUT2D eigenvalue weighted by atomic mass is 9.84. The summed E-state index contributed by atoms with van der Waals surface area (Å²) in [6, 6.07) is -1.05. The molecule has 0 spiro atoms. The van der Waals surface area contributed by atoms with Gasteiger partial charge >= 0.3 is 12.0 Å². The number of carboxylic acid groups (broad SMARTS) is 1. The Labute approximate surface area is 115 Å². The number of aliphatic carboxylic acids is 1. The second-order valence-electron chi connectivity index (χ2n) is 6.34. The van der Waals surface area contributed by atoms with E-state index < -0.39 is 12.0 Å². The van der Waals surface area contributed by atoms with E-state index in [9.17, 15) is 14.7 Å². The van der Waals surface area contributed by atoms with E-state index in [0.717, 1.165) is 19.3 Å². The molecule has 2 unspecified atom stereocenters. The molecule has 110 valence electrons. The van der Waals surface area contributed by atoms with Gasteiger partial charge < -0.3 is 15.3 Å². The van der Waals surface area contributed by atoms with Crippen LogP contribution in [0.15, 0.2) is 0 Å². The number of hydrogen-bond donors (Lipinski definition) is 2. The number of urea groups is 1. The minimum atomic E-state index is -0.959. The van der Waals surface area contributed by atoms with E-state index in [4.69, 9.17) is 0 Å². The molecule has 0 radical (unpaired) electrons. The van der Waals surface area contributed by atoms with E-state index >= 15 is 0 Å². The fourth-order valence-corrected chi connectivity index (χ4v) is 2.50. The van der Waals surface area contributed by atoms with Gasteiger partial charge in [0.15, 0.2) is 0 Å². The normalized spacial score (nSPS) is 21.6. The van der Waals surface area contributed by atoms with Crippen LogP contribution in [0.2, 0.25) is 0 Å². The number of carboxylic acids is 1. The first-order valence-electron chi connectivity index (χ1n) is 7.05. The van der Waals surface area contributed by atoms with Crippen molar-refractivity contribution in [3.63, 3.8) is 0 Å². The number of piperidine rings is 1. The quantitative estimate of drug-likeness (QED) is 0.823. The third-order valence-electron chi connectivity index (χ3n) is 3.95. The van der Waals surface area contributed by atoms with Gasteiger partial charge in [-0.3, -0.25) is 0 Å². The summed E-state index contributed by atoms with van der Waals surface area (Å²) in [6.07, 6.45) is 2.80. The zero-order chi connectivity index (χ0) is 14.6. The molecule has 0 saturated carbocycles. The molecule has 1 fully saturated rings. The van der Waals surface area contributed by atoms with Crippen LogP contribution in [-0.2, 0) is 4.79 Å². The first-order chi connectivity index (χ1) is 8.76. The average molecular weight is 270 g/mol. The molecule has 2 atom stereocenters. The highest BCUT2D eigenvalue weighted by molar-refractivity contribution is 5.82. The summed E-state index contributed by atoms with van der Waals surface area (Å²) in [6.45, 7) is 9.44. The largest absolute Gasteiger partial charge is 0.480 e. The third-order valence-corrected chi connectivity index (χ3v) is 3.95. The summed E-state index contributed by atoms with van der Waals surface area (Å²) in [5.74, 6) is -1.03. The maximum atomic E-state index is 12.2. The van der Waals surface area contributed by atoms with Crippen molar-refractivity contribution in [2.24, 2.45) is 11.3 Å². The summed E-state index contributed by atoms with van der Waals surface area (Å²) < 4.78 is 0. The van der Waals surface area contributed by atoms with Crippen LogP contribution < -0.4 is 5.32 Å². The van der Waals surface area contributed by atoms with Gasteiger partial charge in [-0.15, -0.1) is 0 Å². The van der Waals surface area contributed by atoms with Crippen LogP contribution in [0, 0.1) is 11.3 Å². The predicted octanol–water partition coefficient (Wildman–Crippen LogP) is 2.32. The Morgan fingerprint density at radius 3 is 2.53 bits per heavy atom. The molecule has 0 aromatic carbocycles. The van der Waals surface area contributed by atoms with Crippen molar-refractivity contribution in [3.05, 3.63) is 0 Å². The maximum absolute atomic E-state index is 12.2. The predicted molar refractivity (Wildman–Crippen MR) is 74.0 cm³/mol. The van der Waals surface area contributed by atoms with Crippen molar-refractivity contribution in [1.29, 1.82) is 0 Å². The second kappa shape index (κ2) is 6.26. The molecule has 5 nitrogen and oxygen atoms in total.